The number of rotatable bonds is 10. The summed E-state index contributed by atoms with van der Waals surface area (Å²) >= 11 is 6.24. The lowest BCUT2D eigenvalue weighted by atomic mass is 9.49. The maximum Gasteiger partial charge on any atom is 0.254 e. The molecule has 2 N–H and O–H groups in total. The monoisotopic (exact) mass is 751 g/mol. The van der Waals surface area contributed by atoms with Crippen molar-refractivity contribution in [1.29, 1.82) is 5.26 Å². The molecular formula is C41H50ClN9O3. The molecule has 5 heterocycles. The van der Waals surface area contributed by atoms with Crippen LogP contribution in [0.1, 0.15) is 74.5 Å². The number of pyridine rings is 2. The van der Waals surface area contributed by atoms with Crippen LogP contribution in [0.25, 0.3) is 11.0 Å². The van der Waals surface area contributed by atoms with Gasteiger partial charge in [-0.05, 0) is 55.0 Å². The van der Waals surface area contributed by atoms with Crippen molar-refractivity contribution in [3.05, 3.63) is 86.6 Å². The van der Waals surface area contributed by atoms with Gasteiger partial charge >= 0.3 is 0 Å². The lowest BCUT2D eigenvalue weighted by Crippen LogP contribution is -2.74. The Balaban J connectivity index is 0.852. The number of halogens is 1. The van der Waals surface area contributed by atoms with Crippen LogP contribution in [-0.2, 0) is 13.0 Å². The van der Waals surface area contributed by atoms with E-state index in [1.54, 1.807) is 30.6 Å². The Labute approximate surface area is 321 Å². The van der Waals surface area contributed by atoms with Crippen LogP contribution in [0.4, 0.5) is 5.95 Å². The third kappa shape index (κ3) is 7.67. The number of benzene rings is 1. The minimum atomic E-state index is -0.365. The van der Waals surface area contributed by atoms with Crippen LogP contribution in [0.3, 0.4) is 0 Å². The van der Waals surface area contributed by atoms with Gasteiger partial charge in [0.2, 0.25) is 5.95 Å². The van der Waals surface area contributed by atoms with Crippen molar-refractivity contribution in [3.63, 3.8) is 0 Å². The van der Waals surface area contributed by atoms with Crippen molar-refractivity contribution in [1.82, 2.24) is 35.1 Å². The summed E-state index contributed by atoms with van der Waals surface area (Å²) in [5.74, 6) is 1.68. The highest BCUT2D eigenvalue weighted by atomic mass is 35.5. The Hall–Kier alpha value is -4.57. The van der Waals surface area contributed by atoms with Gasteiger partial charge in [-0.15, -0.1) is 0 Å². The Morgan fingerprint density at radius 1 is 0.981 bits per heavy atom. The first-order valence-corrected chi connectivity index (χ1v) is 19.4. The van der Waals surface area contributed by atoms with Gasteiger partial charge in [0.25, 0.3) is 11.5 Å². The first-order chi connectivity index (χ1) is 25.8. The quantitative estimate of drug-likeness (QED) is 0.215. The number of piperazine rings is 1. The van der Waals surface area contributed by atoms with E-state index in [9.17, 15) is 14.9 Å². The lowest BCUT2D eigenvalue weighted by Gasteiger charge is -2.63. The second-order valence-corrected chi connectivity index (χ2v) is 16.7. The molecule has 0 unspecified atom stereocenters. The number of ether oxygens (including phenoxy) is 1. The van der Waals surface area contributed by atoms with E-state index in [1.165, 1.54) is 0 Å². The van der Waals surface area contributed by atoms with Gasteiger partial charge in [-0.1, -0.05) is 46.2 Å². The summed E-state index contributed by atoms with van der Waals surface area (Å²) in [4.78, 5) is 49.8. The van der Waals surface area contributed by atoms with Gasteiger partial charge in [0.1, 0.15) is 17.9 Å². The summed E-state index contributed by atoms with van der Waals surface area (Å²) in [6.07, 6.45) is 7.86. The van der Waals surface area contributed by atoms with Crippen molar-refractivity contribution in [2.45, 2.75) is 72.6 Å². The van der Waals surface area contributed by atoms with E-state index in [2.05, 4.69) is 79.8 Å². The predicted molar refractivity (Wildman–Crippen MR) is 210 cm³/mol. The summed E-state index contributed by atoms with van der Waals surface area (Å²) in [7, 11) is 0. The van der Waals surface area contributed by atoms with Gasteiger partial charge < -0.3 is 24.8 Å². The average molecular weight is 752 g/mol. The normalized spacial score (nSPS) is 21.7. The number of aromatic amines is 1. The molecule has 7 rings (SSSR count). The zero-order valence-corrected chi connectivity index (χ0v) is 32.6. The number of nitriles is 1. The molecule has 1 saturated carbocycles. The SMILES string of the molecule is CCc1cc2ncc(CN3CCN(CC4CCN(c5ncc(C(=O)NC6C(C)(C)C(Oc7ccc(C#N)c(Cl)c7)C6(C)C)cn5)CC4)CC3)cc2[nH]c1=O. The average Bonchev–Trinajstić information content (AvgIpc) is 3.16. The third-order valence-electron chi connectivity index (χ3n) is 11.8. The number of aromatic nitrogens is 4. The van der Waals surface area contributed by atoms with Crippen LogP contribution in [0.2, 0.25) is 5.02 Å². The van der Waals surface area contributed by atoms with E-state index in [0.717, 1.165) is 87.4 Å². The number of H-pyrrole nitrogens is 1. The summed E-state index contributed by atoms with van der Waals surface area (Å²) in [6.45, 7) is 18.1. The molecule has 0 radical (unpaired) electrons. The number of nitrogens with zero attached hydrogens (tertiary/aromatic N) is 7. The van der Waals surface area contributed by atoms with Crippen LogP contribution in [-0.4, -0.2) is 93.6 Å². The molecule has 1 aromatic carbocycles. The van der Waals surface area contributed by atoms with E-state index in [4.69, 9.17) is 16.3 Å². The van der Waals surface area contributed by atoms with Crippen molar-refractivity contribution in [2.24, 2.45) is 16.7 Å². The van der Waals surface area contributed by atoms with Crippen LogP contribution < -0.4 is 20.5 Å². The molecule has 3 aliphatic rings. The number of carbonyl (C=O) groups is 1. The fourth-order valence-corrected chi connectivity index (χ4v) is 9.21. The molecule has 3 aromatic heterocycles. The second-order valence-electron chi connectivity index (χ2n) is 16.3. The summed E-state index contributed by atoms with van der Waals surface area (Å²) in [6, 6.07) is 11.0. The van der Waals surface area contributed by atoms with E-state index in [-0.39, 0.29) is 34.4 Å². The molecule has 0 atom stereocenters. The van der Waals surface area contributed by atoms with Gasteiger partial charge in [0, 0.05) is 99.5 Å². The van der Waals surface area contributed by atoms with E-state index in [0.29, 0.717) is 40.2 Å². The minimum Gasteiger partial charge on any atom is -0.489 e. The largest absolute Gasteiger partial charge is 0.489 e. The molecule has 12 nitrogen and oxygen atoms in total. The fourth-order valence-electron chi connectivity index (χ4n) is 9.00. The third-order valence-corrected chi connectivity index (χ3v) is 12.1. The smallest absolute Gasteiger partial charge is 0.254 e. The Morgan fingerprint density at radius 3 is 2.31 bits per heavy atom. The van der Waals surface area contributed by atoms with Crippen LogP contribution in [0.15, 0.2) is 53.7 Å². The number of amides is 1. The van der Waals surface area contributed by atoms with Gasteiger partial charge in [0.15, 0.2) is 0 Å². The molecule has 0 spiro atoms. The van der Waals surface area contributed by atoms with Crippen LogP contribution >= 0.6 is 11.6 Å². The van der Waals surface area contributed by atoms with Gasteiger partial charge in [-0.25, -0.2) is 9.97 Å². The van der Waals surface area contributed by atoms with Gasteiger partial charge in [0.05, 0.1) is 27.2 Å². The Morgan fingerprint density at radius 2 is 1.67 bits per heavy atom. The molecule has 4 aromatic rings. The second kappa shape index (κ2) is 15.3. The number of piperidine rings is 1. The molecule has 284 valence electrons. The molecule has 1 amide bonds. The molecule has 0 bridgehead atoms. The Bertz CT molecular complexity index is 2080. The van der Waals surface area contributed by atoms with Crippen molar-refractivity contribution >= 4 is 34.5 Å². The van der Waals surface area contributed by atoms with Crippen molar-refractivity contribution in [2.75, 3.05) is 50.7 Å². The molecular weight excluding hydrogens is 702 g/mol. The molecule has 3 fully saturated rings. The molecule has 13 heteroatoms. The first kappa shape index (κ1) is 37.7. The zero-order chi connectivity index (χ0) is 38.2. The predicted octanol–water partition coefficient (Wildman–Crippen LogP) is 5.45. The molecule has 2 saturated heterocycles. The van der Waals surface area contributed by atoms with E-state index >= 15 is 0 Å². The lowest BCUT2D eigenvalue weighted by molar-refractivity contribution is -0.164. The van der Waals surface area contributed by atoms with E-state index < -0.39 is 0 Å². The zero-order valence-electron chi connectivity index (χ0n) is 31.9. The number of fused-ring (bicyclic) bond motifs is 1. The minimum absolute atomic E-state index is 0.0254. The highest BCUT2D eigenvalue weighted by Crippen LogP contribution is 2.55. The molecule has 2 aliphatic heterocycles. The highest BCUT2D eigenvalue weighted by Gasteiger charge is 2.64. The van der Waals surface area contributed by atoms with E-state index in [1.807, 2.05) is 19.2 Å². The Kier molecular flexibility index (Phi) is 10.7. The number of anilines is 1. The number of carbonyl (C=O) groups excluding carboxylic acids is 1. The highest BCUT2D eigenvalue weighted by molar-refractivity contribution is 6.31. The van der Waals surface area contributed by atoms with Gasteiger partial charge in [-0.2, -0.15) is 5.26 Å². The van der Waals surface area contributed by atoms with Crippen molar-refractivity contribution in [3.8, 4) is 11.8 Å². The summed E-state index contributed by atoms with van der Waals surface area (Å²) in [5.41, 5.74) is 3.61. The topological polar surface area (TPSA) is 143 Å². The molecule has 1 aliphatic carbocycles. The maximum absolute atomic E-state index is 13.4. The maximum atomic E-state index is 13.4. The number of hydrogen-bond acceptors (Lipinski definition) is 10. The fraction of sp³-hybridized carbons (Fsp3) is 0.512. The number of aryl methyl sites for hydroxylation is 1. The summed E-state index contributed by atoms with van der Waals surface area (Å²) in [5, 5.41) is 12.8. The number of nitrogens with one attached hydrogen (secondary N) is 2. The first-order valence-electron chi connectivity index (χ1n) is 19.1. The molecule has 54 heavy (non-hydrogen) atoms. The van der Waals surface area contributed by atoms with Gasteiger partial charge in [-0.3, -0.25) is 19.5 Å². The van der Waals surface area contributed by atoms with Crippen LogP contribution in [0, 0.1) is 28.1 Å². The number of hydrogen-bond donors (Lipinski definition) is 2. The van der Waals surface area contributed by atoms with Crippen molar-refractivity contribution < 1.29 is 9.53 Å². The van der Waals surface area contributed by atoms with Crippen LogP contribution in [0.5, 0.6) is 5.75 Å². The summed E-state index contributed by atoms with van der Waals surface area (Å²) < 4.78 is 6.36. The standard InChI is InChI=1S/C41H50ClN9O3/c1-6-28-18-33-34(47-35(28)52)17-27(21-44-33)25-50-15-13-49(14-16-50)24-26-9-11-51(12-10-26)39-45-22-30(23-46-39)36(53)48-37-40(2,3)38(41(37,4)5)54-31-8-7-29(20-43)32(42)19-31/h7-8,17-19,21-23,26,37-38H,6,9-16,24-25H2,1-5H3,(H,47,52)(H,48,53).